The molecule has 3 aromatic carbocycles. The van der Waals surface area contributed by atoms with Gasteiger partial charge in [-0.1, -0.05) is 73.3 Å². The molecule has 0 heterocycles. The van der Waals surface area contributed by atoms with Gasteiger partial charge in [0.2, 0.25) is 11.8 Å². The minimum Gasteiger partial charge on any atom is -0.366 e. The molecule has 0 aromatic heterocycles. The van der Waals surface area contributed by atoms with Crippen LogP contribution in [-0.4, -0.2) is 11.8 Å². The molecule has 0 radical (unpaired) electrons. The van der Waals surface area contributed by atoms with Crippen LogP contribution >= 0.6 is 11.8 Å². The number of benzene rings is 3. The van der Waals surface area contributed by atoms with Crippen LogP contribution < -0.4 is 11.1 Å². The molecule has 0 fully saturated rings. The number of thioether (sulfide) groups is 1. The molecule has 0 spiro atoms. The number of carbonyl (C=O) groups is 2. The lowest BCUT2D eigenvalue weighted by Crippen LogP contribution is -2.21. The van der Waals surface area contributed by atoms with Gasteiger partial charge in [-0.2, -0.15) is 0 Å². The van der Waals surface area contributed by atoms with Gasteiger partial charge in [-0.3, -0.25) is 9.59 Å². The van der Waals surface area contributed by atoms with Crippen molar-refractivity contribution in [2.45, 2.75) is 31.1 Å². The largest absolute Gasteiger partial charge is 0.366 e. The summed E-state index contributed by atoms with van der Waals surface area (Å²) in [6, 6.07) is 22.9. The van der Waals surface area contributed by atoms with Crippen molar-refractivity contribution in [3.8, 4) is 11.1 Å². The number of rotatable bonds is 8. The van der Waals surface area contributed by atoms with Gasteiger partial charge in [-0.15, -0.1) is 0 Å². The number of carbonyl (C=O) groups excluding carboxylic acids is 2. The fraction of sp³-hybridized carbons (Fsp3) is 0.154. The Kier molecular flexibility index (Phi) is 7.68. The van der Waals surface area contributed by atoms with E-state index in [1.54, 1.807) is 23.9 Å². The van der Waals surface area contributed by atoms with E-state index in [4.69, 9.17) is 5.73 Å². The van der Waals surface area contributed by atoms with Gasteiger partial charge in [0.25, 0.3) is 0 Å². The molecule has 158 valence electrons. The highest BCUT2D eigenvalue weighted by Crippen LogP contribution is 2.30. The van der Waals surface area contributed by atoms with Crippen molar-refractivity contribution in [1.82, 2.24) is 0 Å². The fourth-order valence-corrected chi connectivity index (χ4v) is 4.01. The first-order chi connectivity index (χ1) is 15.0. The number of hydrogen-bond donors (Lipinski definition) is 2. The molecular formula is C26H26N2O2S. The van der Waals surface area contributed by atoms with Crippen molar-refractivity contribution >= 4 is 29.3 Å². The average molecular weight is 431 g/mol. The third kappa shape index (κ3) is 5.64. The summed E-state index contributed by atoms with van der Waals surface area (Å²) < 4.78 is 0. The first-order valence-corrected chi connectivity index (χ1v) is 11.1. The van der Waals surface area contributed by atoms with Gasteiger partial charge >= 0.3 is 0 Å². The second-order valence-corrected chi connectivity index (χ2v) is 8.08. The van der Waals surface area contributed by atoms with E-state index in [9.17, 15) is 9.59 Å². The van der Waals surface area contributed by atoms with Gasteiger partial charge in [0, 0.05) is 16.1 Å². The topological polar surface area (TPSA) is 72.2 Å². The van der Waals surface area contributed by atoms with Crippen LogP contribution in [0.15, 0.2) is 89.2 Å². The van der Waals surface area contributed by atoms with Crippen LogP contribution in [0.4, 0.5) is 5.69 Å². The number of amides is 2. The van der Waals surface area contributed by atoms with Gasteiger partial charge in [0.15, 0.2) is 0 Å². The van der Waals surface area contributed by atoms with Gasteiger partial charge < -0.3 is 11.1 Å². The van der Waals surface area contributed by atoms with Crippen molar-refractivity contribution < 1.29 is 9.59 Å². The molecule has 0 bridgehead atoms. The second kappa shape index (κ2) is 10.6. The molecule has 1 unspecified atom stereocenters. The molecule has 0 aliphatic carbocycles. The Bertz CT molecular complexity index is 1080. The van der Waals surface area contributed by atoms with Crippen LogP contribution in [0.5, 0.6) is 0 Å². The third-order valence-corrected chi connectivity index (χ3v) is 5.94. The minimum absolute atomic E-state index is 0.109. The molecule has 0 aliphatic rings. The Hall–Kier alpha value is -3.31. The summed E-state index contributed by atoms with van der Waals surface area (Å²) in [7, 11) is 0. The zero-order chi connectivity index (χ0) is 22.2. The van der Waals surface area contributed by atoms with E-state index in [0.717, 1.165) is 21.6 Å². The van der Waals surface area contributed by atoms with Crippen LogP contribution in [0.3, 0.4) is 0 Å². The highest BCUT2D eigenvalue weighted by Gasteiger charge is 2.19. The predicted molar refractivity (Wildman–Crippen MR) is 129 cm³/mol. The summed E-state index contributed by atoms with van der Waals surface area (Å²) in [4.78, 5) is 26.1. The maximum absolute atomic E-state index is 12.9. The molecular weight excluding hydrogens is 404 g/mol. The molecule has 31 heavy (non-hydrogen) atoms. The third-order valence-electron chi connectivity index (χ3n) is 4.98. The SMILES string of the molecule is C/C=C\Sc1ccc(-c2ccc(NC(=O)C(CC)c3ccccc3)cc2C(N)=O)cc1. The lowest BCUT2D eigenvalue weighted by Gasteiger charge is -2.16. The average Bonchev–Trinajstić information content (AvgIpc) is 2.79. The summed E-state index contributed by atoms with van der Waals surface area (Å²) in [5.41, 5.74) is 9.18. The summed E-state index contributed by atoms with van der Waals surface area (Å²) in [6.07, 6.45) is 2.66. The molecule has 1 atom stereocenters. The molecule has 4 nitrogen and oxygen atoms in total. The number of hydrogen-bond acceptors (Lipinski definition) is 3. The molecule has 0 aliphatic heterocycles. The summed E-state index contributed by atoms with van der Waals surface area (Å²) in [6.45, 7) is 3.96. The Balaban J connectivity index is 1.85. The molecule has 3 aromatic rings. The van der Waals surface area contributed by atoms with Crippen molar-refractivity contribution in [1.29, 1.82) is 0 Å². The Morgan fingerprint density at radius 3 is 2.35 bits per heavy atom. The minimum atomic E-state index is -0.534. The fourth-order valence-electron chi connectivity index (χ4n) is 3.42. The number of anilines is 1. The van der Waals surface area contributed by atoms with Gasteiger partial charge in [0.05, 0.1) is 5.92 Å². The Morgan fingerprint density at radius 1 is 1.03 bits per heavy atom. The van der Waals surface area contributed by atoms with Crippen molar-refractivity contribution in [3.05, 3.63) is 95.4 Å². The lowest BCUT2D eigenvalue weighted by molar-refractivity contribution is -0.117. The maximum atomic E-state index is 12.9. The van der Waals surface area contributed by atoms with Gasteiger partial charge in [-0.05, 0) is 59.7 Å². The Morgan fingerprint density at radius 2 is 1.74 bits per heavy atom. The van der Waals surface area contributed by atoms with Gasteiger partial charge in [-0.25, -0.2) is 0 Å². The predicted octanol–water partition coefficient (Wildman–Crippen LogP) is 6.21. The first-order valence-electron chi connectivity index (χ1n) is 10.2. The van der Waals surface area contributed by atoms with Crippen LogP contribution in [-0.2, 0) is 4.79 Å². The smallest absolute Gasteiger partial charge is 0.249 e. The Labute approximate surface area is 187 Å². The summed E-state index contributed by atoms with van der Waals surface area (Å²) in [5.74, 6) is -0.907. The van der Waals surface area contributed by atoms with E-state index in [1.807, 2.05) is 86.0 Å². The standard InChI is InChI=1S/C26H26N2O2S/c1-3-16-31-21-13-10-19(11-14-21)23-15-12-20(17-24(23)25(27)29)28-26(30)22(4-2)18-8-6-5-7-9-18/h3,5-17,22H,4H2,1-2H3,(H2,27,29)(H,28,30)/b16-3-. The van der Waals surface area contributed by atoms with E-state index in [-0.39, 0.29) is 11.8 Å². The van der Waals surface area contributed by atoms with Crippen LogP contribution in [0.1, 0.15) is 42.1 Å². The quantitative estimate of drug-likeness (QED) is 0.417. The van der Waals surface area contributed by atoms with E-state index < -0.39 is 5.91 Å². The highest BCUT2D eigenvalue weighted by molar-refractivity contribution is 8.02. The monoisotopic (exact) mass is 430 g/mol. The van der Waals surface area contributed by atoms with E-state index >= 15 is 0 Å². The first kappa shape index (κ1) is 22.4. The second-order valence-electron chi connectivity index (χ2n) is 7.10. The van der Waals surface area contributed by atoms with Crippen LogP contribution in [0.2, 0.25) is 0 Å². The zero-order valence-electron chi connectivity index (χ0n) is 17.7. The maximum Gasteiger partial charge on any atom is 0.249 e. The summed E-state index contributed by atoms with van der Waals surface area (Å²) >= 11 is 1.63. The lowest BCUT2D eigenvalue weighted by atomic mass is 9.95. The number of allylic oxidation sites excluding steroid dienone is 1. The van der Waals surface area contributed by atoms with E-state index in [0.29, 0.717) is 17.7 Å². The number of primary amides is 1. The molecule has 2 amide bonds. The van der Waals surface area contributed by atoms with Crippen molar-refractivity contribution in [3.63, 3.8) is 0 Å². The van der Waals surface area contributed by atoms with E-state index in [2.05, 4.69) is 5.32 Å². The van der Waals surface area contributed by atoms with Crippen LogP contribution in [0, 0.1) is 0 Å². The normalized spacial score (nSPS) is 11.9. The van der Waals surface area contributed by atoms with E-state index in [1.165, 1.54) is 0 Å². The van der Waals surface area contributed by atoms with Gasteiger partial charge in [0.1, 0.15) is 0 Å². The molecule has 3 rings (SSSR count). The molecule has 0 saturated carbocycles. The van der Waals surface area contributed by atoms with Crippen molar-refractivity contribution in [2.24, 2.45) is 5.73 Å². The summed E-state index contributed by atoms with van der Waals surface area (Å²) in [5, 5.41) is 4.95. The number of nitrogens with one attached hydrogen (secondary N) is 1. The molecule has 5 heteroatoms. The van der Waals surface area contributed by atoms with Crippen molar-refractivity contribution in [2.75, 3.05) is 5.32 Å². The van der Waals surface area contributed by atoms with Crippen LogP contribution in [0.25, 0.3) is 11.1 Å². The zero-order valence-corrected chi connectivity index (χ0v) is 18.5. The molecule has 3 N–H and O–H groups in total. The number of nitrogens with two attached hydrogens (primary N) is 1. The molecule has 0 saturated heterocycles. The highest BCUT2D eigenvalue weighted by atomic mass is 32.2.